The Morgan fingerprint density at radius 3 is 1.47 bits per heavy atom. The molecule has 1 heterocycles. The number of nitrogens with zero attached hydrogens (tertiary/aromatic N) is 2. The summed E-state index contributed by atoms with van der Waals surface area (Å²) >= 11 is 3.39. The Bertz CT molecular complexity index is 1410. The smallest absolute Gasteiger partial charge is 0.331 e. The van der Waals surface area contributed by atoms with E-state index >= 15 is 0 Å². The van der Waals surface area contributed by atoms with Gasteiger partial charge in [-0.1, -0.05) is 81.7 Å². The quantitative estimate of drug-likeness (QED) is 0.223. The molecular weight excluding hydrogens is 639 g/mol. The van der Waals surface area contributed by atoms with E-state index in [1.165, 1.54) is 10.9 Å². The molecule has 0 bridgehead atoms. The van der Waals surface area contributed by atoms with Gasteiger partial charge in [0.05, 0.1) is 30.3 Å². The van der Waals surface area contributed by atoms with Crippen molar-refractivity contribution in [1.82, 2.24) is 9.78 Å². The van der Waals surface area contributed by atoms with Gasteiger partial charge in [0, 0.05) is 4.47 Å². The number of benzene rings is 2. The largest absolute Gasteiger partial charge is 0.461 e. The van der Waals surface area contributed by atoms with Crippen LogP contribution in [0.25, 0.3) is 5.69 Å². The van der Waals surface area contributed by atoms with Gasteiger partial charge >= 0.3 is 11.9 Å². The molecule has 0 spiro atoms. The van der Waals surface area contributed by atoms with Crippen LogP contribution >= 0.6 is 15.9 Å². The molecule has 2 atom stereocenters. The van der Waals surface area contributed by atoms with Crippen molar-refractivity contribution in [2.24, 2.45) is 22.3 Å². The lowest BCUT2D eigenvalue weighted by atomic mass is 9.76. The Labute approximate surface area is 276 Å². The van der Waals surface area contributed by atoms with Crippen molar-refractivity contribution < 1.29 is 23.5 Å². The van der Waals surface area contributed by atoms with Gasteiger partial charge in [-0.05, 0) is 86.8 Å². The number of hydrogen-bond donors (Lipinski definition) is 2. The molecule has 0 aliphatic carbocycles. The molecule has 0 radical (unpaired) electrons. The number of aromatic nitrogens is 2. The Morgan fingerprint density at radius 1 is 0.778 bits per heavy atom. The van der Waals surface area contributed by atoms with Crippen LogP contribution in [0.3, 0.4) is 0 Å². The highest BCUT2D eigenvalue weighted by Gasteiger charge is 2.42. The SMILES string of the molecule is CC(C)OC(=O)[C@@](N)(CC(C)(C)C)c1ccc(-n2cc(F)cn2)cc1.CC(C)OC(=O)[C@@](N)(CC(C)(C)C)c1ccc(Br)cc1. The Kier molecular flexibility index (Phi) is 12.7. The van der Waals surface area contributed by atoms with Gasteiger partial charge in [-0.25, -0.2) is 18.7 Å². The topological polar surface area (TPSA) is 122 Å². The fourth-order valence-electron chi connectivity index (χ4n) is 5.00. The van der Waals surface area contributed by atoms with Gasteiger partial charge in [-0.2, -0.15) is 5.10 Å². The minimum Gasteiger partial charge on any atom is -0.461 e. The number of rotatable bonds is 9. The zero-order valence-electron chi connectivity index (χ0n) is 28.3. The van der Waals surface area contributed by atoms with E-state index < -0.39 is 22.9 Å². The fraction of sp³-hybridized carbons (Fsp3) is 0.514. The fourth-order valence-corrected chi connectivity index (χ4v) is 5.26. The van der Waals surface area contributed by atoms with Crippen LogP contribution in [-0.4, -0.2) is 33.9 Å². The first-order valence-electron chi connectivity index (χ1n) is 15.1. The average Bonchev–Trinajstić information content (AvgIpc) is 3.33. The predicted molar refractivity (Wildman–Crippen MR) is 180 cm³/mol. The van der Waals surface area contributed by atoms with E-state index in [-0.39, 0.29) is 29.0 Å². The summed E-state index contributed by atoms with van der Waals surface area (Å²) in [6, 6.07) is 14.6. The molecule has 0 aliphatic rings. The van der Waals surface area contributed by atoms with Crippen LogP contribution < -0.4 is 11.5 Å². The van der Waals surface area contributed by atoms with Crippen LogP contribution in [0.15, 0.2) is 65.4 Å². The van der Waals surface area contributed by atoms with Crippen molar-refractivity contribution in [3.05, 3.63) is 82.3 Å². The van der Waals surface area contributed by atoms with Gasteiger partial charge in [0.25, 0.3) is 0 Å². The molecule has 10 heteroatoms. The summed E-state index contributed by atoms with van der Waals surface area (Å²) in [6.07, 6.45) is 2.95. The van der Waals surface area contributed by atoms with Crippen LogP contribution in [0.1, 0.15) is 93.2 Å². The molecule has 0 amide bonds. The second-order valence-electron chi connectivity index (χ2n) is 14.5. The predicted octanol–water partition coefficient (Wildman–Crippen LogP) is 7.54. The lowest BCUT2D eigenvalue weighted by molar-refractivity contribution is -0.156. The molecule has 0 unspecified atom stereocenters. The third-order valence-electron chi connectivity index (χ3n) is 6.59. The first-order valence-corrected chi connectivity index (χ1v) is 15.9. The van der Waals surface area contributed by atoms with Gasteiger partial charge < -0.3 is 20.9 Å². The van der Waals surface area contributed by atoms with Crippen molar-refractivity contribution >= 4 is 27.9 Å². The second kappa shape index (κ2) is 15.0. The van der Waals surface area contributed by atoms with Crippen molar-refractivity contribution in [3.8, 4) is 5.69 Å². The van der Waals surface area contributed by atoms with Crippen LogP contribution in [0.2, 0.25) is 0 Å². The summed E-state index contributed by atoms with van der Waals surface area (Å²) in [7, 11) is 0. The monoisotopic (exact) mass is 688 g/mol. The lowest BCUT2D eigenvalue weighted by Crippen LogP contribution is -2.49. The molecule has 0 saturated carbocycles. The van der Waals surface area contributed by atoms with Crippen LogP contribution in [0.5, 0.6) is 0 Å². The molecule has 3 rings (SSSR count). The maximum Gasteiger partial charge on any atom is 0.331 e. The number of carbonyl (C=O) groups is 2. The molecule has 2 aromatic carbocycles. The van der Waals surface area contributed by atoms with Gasteiger partial charge in [0.1, 0.15) is 11.1 Å². The van der Waals surface area contributed by atoms with Crippen LogP contribution in [-0.2, 0) is 30.1 Å². The highest BCUT2D eigenvalue weighted by molar-refractivity contribution is 9.10. The molecule has 3 aromatic rings. The number of hydrogen-bond acceptors (Lipinski definition) is 7. The van der Waals surface area contributed by atoms with E-state index in [0.29, 0.717) is 24.1 Å². The minimum absolute atomic E-state index is 0.0855. The second-order valence-corrected chi connectivity index (χ2v) is 15.4. The summed E-state index contributed by atoms with van der Waals surface area (Å²) in [6.45, 7) is 19.5. The molecule has 8 nitrogen and oxygen atoms in total. The molecule has 1 aromatic heterocycles. The molecule has 0 saturated heterocycles. The van der Waals surface area contributed by atoms with Gasteiger partial charge in [-0.15, -0.1) is 0 Å². The lowest BCUT2D eigenvalue weighted by Gasteiger charge is -2.34. The maximum atomic E-state index is 13.1. The Balaban J connectivity index is 0.000000322. The highest BCUT2D eigenvalue weighted by atomic mass is 79.9. The van der Waals surface area contributed by atoms with E-state index in [1.54, 1.807) is 38.1 Å². The number of carbonyl (C=O) groups excluding carboxylic acids is 2. The third kappa shape index (κ3) is 11.3. The van der Waals surface area contributed by atoms with Gasteiger partial charge in [0.2, 0.25) is 0 Å². The van der Waals surface area contributed by atoms with E-state index in [9.17, 15) is 14.0 Å². The van der Waals surface area contributed by atoms with E-state index in [0.717, 1.165) is 16.2 Å². The summed E-state index contributed by atoms with van der Waals surface area (Å²) in [5.41, 5.74) is 12.5. The van der Waals surface area contributed by atoms with E-state index in [4.69, 9.17) is 20.9 Å². The minimum atomic E-state index is -1.25. The van der Waals surface area contributed by atoms with Crippen molar-refractivity contribution in [1.29, 1.82) is 0 Å². The van der Waals surface area contributed by atoms with E-state index in [1.807, 2.05) is 58.9 Å². The summed E-state index contributed by atoms with van der Waals surface area (Å²) < 4.78 is 26.3. The average molecular weight is 690 g/mol. The summed E-state index contributed by atoms with van der Waals surface area (Å²) in [5, 5.41) is 3.93. The maximum absolute atomic E-state index is 13.1. The number of nitrogens with two attached hydrogens (primary N) is 2. The van der Waals surface area contributed by atoms with Crippen molar-refractivity contribution in [2.45, 2.75) is 105 Å². The van der Waals surface area contributed by atoms with E-state index in [2.05, 4.69) is 41.8 Å². The van der Waals surface area contributed by atoms with Gasteiger partial charge in [0.15, 0.2) is 5.82 Å². The first kappa shape index (κ1) is 38.1. The molecule has 248 valence electrons. The number of esters is 2. The van der Waals surface area contributed by atoms with Crippen LogP contribution in [0, 0.1) is 16.6 Å². The zero-order valence-corrected chi connectivity index (χ0v) is 29.9. The Hall–Kier alpha value is -3.08. The van der Waals surface area contributed by atoms with Crippen molar-refractivity contribution in [3.63, 3.8) is 0 Å². The first-order chi connectivity index (χ1) is 20.6. The summed E-state index contributed by atoms with van der Waals surface area (Å²) in [5.74, 6) is -1.23. The highest BCUT2D eigenvalue weighted by Crippen LogP contribution is 2.36. The van der Waals surface area contributed by atoms with Gasteiger partial charge in [-0.3, -0.25) is 0 Å². The third-order valence-corrected chi connectivity index (χ3v) is 7.12. The number of halogens is 2. The molecule has 0 aliphatic heterocycles. The molecule has 4 N–H and O–H groups in total. The zero-order chi connectivity index (χ0) is 34.4. The Morgan fingerprint density at radius 2 is 1.16 bits per heavy atom. The molecular formula is C35H50BrFN4O4. The molecule has 0 fully saturated rings. The molecule has 45 heavy (non-hydrogen) atoms. The standard InChI is InChI=1S/C19H26FN3O2.C16H24BrNO2/c1-13(2)25-17(24)19(21,12-18(3,4)5)14-6-8-16(9-7-14)23-11-15(20)10-22-23;1-11(2)20-14(19)16(18,10-15(3,4)5)12-6-8-13(17)9-7-12/h6-11,13H,12,21H2,1-5H3;6-9,11H,10,18H2,1-5H3/t19-;16-/m11/s1. The summed E-state index contributed by atoms with van der Waals surface area (Å²) in [4.78, 5) is 25.2. The van der Waals surface area contributed by atoms with Crippen LogP contribution in [0.4, 0.5) is 4.39 Å². The normalized spacial score (nSPS) is 14.7. The number of ether oxygens (including phenoxy) is 2. The van der Waals surface area contributed by atoms with Crippen molar-refractivity contribution in [2.75, 3.05) is 0 Å².